The lowest BCUT2D eigenvalue weighted by atomic mass is 10.2. The molecule has 1 amide bonds. The van der Waals surface area contributed by atoms with E-state index in [0.29, 0.717) is 22.8 Å². The number of benzene rings is 1. The number of carbonyl (C=O) groups is 1. The van der Waals surface area contributed by atoms with Gasteiger partial charge in [0.2, 0.25) is 11.6 Å². The molecule has 0 spiro atoms. The van der Waals surface area contributed by atoms with Crippen LogP contribution in [-0.4, -0.2) is 32.2 Å². The fourth-order valence-corrected chi connectivity index (χ4v) is 1.72. The molecule has 1 heterocycles. The summed E-state index contributed by atoms with van der Waals surface area (Å²) in [5.41, 5.74) is 5.76. The van der Waals surface area contributed by atoms with E-state index in [1.165, 1.54) is 27.6 Å². The molecule has 7 heteroatoms. The quantitative estimate of drug-likeness (QED) is 0.889. The van der Waals surface area contributed by atoms with Crippen LogP contribution in [0.4, 0.5) is 0 Å². The molecule has 0 saturated carbocycles. The zero-order valence-corrected chi connectivity index (χ0v) is 11.3. The summed E-state index contributed by atoms with van der Waals surface area (Å²) >= 11 is 0. The Labute approximate surface area is 115 Å². The first-order valence-corrected chi connectivity index (χ1v) is 5.66. The molecule has 0 atom stereocenters. The predicted octanol–water partition coefficient (Wildman–Crippen LogP) is 1.47. The number of rotatable bonds is 5. The zero-order chi connectivity index (χ0) is 14.7. The smallest absolute Gasteiger partial charge is 0.270 e. The topological polar surface area (TPSA) is 96.8 Å². The van der Waals surface area contributed by atoms with E-state index in [0.717, 1.165) is 0 Å². The van der Waals surface area contributed by atoms with Crippen LogP contribution >= 0.6 is 0 Å². The lowest BCUT2D eigenvalue weighted by Crippen LogP contribution is -2.10. The largest absolute Gasteiger partial charge is 0.493 e. The van der Waals surface area contributed by atoms with Crippen molar-refractivity contribution >= 4 is 5.91 Å². The molecule has 0 aliphatic heterocycles. The number of primary amides is 1. The Morgan fingerprint density at radius 1 is 1.15 bits per heavy atom. The summed E-state index contributed by atoms with van der Waals surface area (Å²) < 4.78 is 20.9. The Morgan fingerprint density at radius 3 is 2.15 bits per heavy atom. The van der Waals surface area contributed by atoms with Gasteiger partial charge in [-0.2, -0.15) is 0 Å². The van der Waals surface area contributed by atoms with Crippen LogP contribution in [0.25, 0.3) is 11.5 Å². The predicted molar refractivity (Wildman–Crippen MR) is 70.1 cm³/mol. The standard InChI is InChI=1S/C13H14N2O5/c1-17-9-4-7(5-10(18-2)11(9)19-3)13-15-8(6-20-13)12(14)16/h4-6H,1-3H3,(H2,14,16). The molecule has 0 saturated heterocycles. The maximum absolute atomic E-state index is 11.0. The molecule has 106 valence electrons. The maximum Gasteiger partial charge on any atom is 0.270 e. The maximum atomic E-state index is 11.0. The first kappa shape index (κ1) is 13.7. The number of carbonyl (C=O) groups excluding carboxylic acids is 1. The molecule has 0 unspecified atom stereocenters. The minimum absolute atomic E-state index is 0.0498. The van der Waals surface area contributed by atoms with E-state index < -0.39 is 5.91 Å². The van der Waals surface area contributed by atoms with E-state index in [1.54, 1.807) is 12.1 Å². The summed E-state index contributed by atoms with van der Waals surface area (Å²) in [6.45, 7) is 0. The third-order valence-electron chi connectivity index (χ3n) is 2.67. The second kappa shape index (κ2) is 5.52. The number of amides is 1. The highest BCUT2D eigenvalue weighted by molar-refractivity contribution is 5.90. The number of hydrogen-bond acceptors (Lipinski definition) is 6. The molecular formula is C13H14N2O5. The minimum Gasteiger partial charge on any atom is -0.493 e. The van der Waals surface area contributed by atoms with Gasteiger partial charge >= 0.3 is 0 Å². The van der Waals surface area contributed by atoms with Crippen molar-refractivity contribution in [3.8, 4) is 28.7 Å². The van der Waals surface area contributed by atoms with E-state index in [2.05, 4.69) is 4.98 Å². The van der Waals surface area contributed by atoms with Crippen molar-refractivity contribution < 1.29 is 23.4 Å². The van der Waals surface area contributed by atoms with Crippen LogP contribution in [0.5, 0.6) is 17.2 Å². The molecule has 0 fully saturated rings. The number of hydrogen-bond donors (Lipinski definition) is 1. The molecule has 20 heavy (non-hydrogen) atoms. The SMILES string of the molecule is COc1cc(-c2nc(C(N)=O)co2)cc(OC)c1OC. The molecular weight excluding hydrogens is 264 g/mol. The van der Waals surface area contributed by atoms with Crippen molar-refractivity contribution in [2.24, 2.45) is 5.73 Å². The van der Waals surface area contributed by atoms with E-state index >= 15 is 0 Å². The van der Waals surface area contributed by atoms with Gasteiger partial charge in [-0.1, -0.05) is 0 Å². The molecule has 1 aromatic heterocycles. The van der Waals surface area contributed by atoms with Gasteiger partial charge in [-0.05, 0) is 12.1 Å². The van der Waals surface area contributed by atoms with Crippen LogP contribution in [0.15, 0.2) is 22.8 Å². The third kappa shape index (κ3) is 2.37. The summed E-state index contributed by atoms with van der Waals surface area (Å²) in [5.74, 6) is 0.951. The molecule has 2 N–H and O–H groups in total. The molecule has 0 aliphatic rings. The first-order valence-electron chi connectivity index (χ1n) is 5.66. The second-order valence-corrected chi connectivity index (χ2v) is 3.82. The van der Waals surface area contributed by atoms with Gasteiger partial charge in [0.1, 0.15) is 6.26 Å². The number of ether oxygens (including phenoxy) is 3. The monoisotopic (exact) mass is 278 g/mol. The van der Waals surface area contributed by atoms with Crippen molar-refractivity contribution in [1.29, 1.82) is 0 Å². The lowest BCUT2D eigenvalue weighted by molar-refractivity contribution is 0.0995. The highest BCUT2D eigenvalue weighted by Gasteiger charge is 2.17. The fraction of sp³-hybridized carbons (Fsp3) is 0.231. The summed E-state index contributed by atoms with van der Waals surface area (Å²) in [6.07, 6.45) is 1.20. The van der Waals surface area contributed by atoms with Crippen LogP contribution in [-0.2, 0) is 0 Å². The van der Waals surface area contributed by atoms with Gasteiger partial charge in [0.25, 0.3) is 5.91 Å². The number of aromatic nitrogens is 1. The average molecular weight is 278 g/mol. The number of oxazole rings is 1. The Morgan fingerprint density at radius 2 is 1.75 bits per heavy atom. The van der Waals surface area contributed by atoms with Crippen molar-refractivity contribution in [3.05, 3.63) is 24.1 Å². The second-order valence-electron chi connectivity index (χ2n) is 3.82. The lowest BCUT2D eigenvalue weighted by Gasteiger charge is -2.12. The molecule has 2 rings (SSSR count). The van der Waals surface area contributed by atoms with Gasteiger partial charge in [0, 0.05) is 5.56 Å². The van der Waals surface area contributed by atoms with Gasteiger partial charge in [-0.25, -0.2) is 4.98 Å². The average Bonchev–Trinajstić information content (AvgIpc) is 2.95. The van der Waals surface area contributed by atoms with Crippen LogP contribution in [0, 0.1) is 0 Å². The van der Waals surface area contributed by atoms with Crippen molar-refractivity contribution in [2.45, 2.75) is 0 Å². The number of methoxy groups -OCH3 is 3. The molecule has 0 bridgehead atoms. The van der Waals surface area contributed by atoms with E-state index in [1.807, 2.05) is 0 Å². The Bertz CT molecular complexity index is 610. The Kier molecular flexibility index (Phi) is 3.79. The van der Waals surface area contributed by atoms with Crippen LogP contribution in [0.2, 0.25) is 0 Å². The number of nitrogens with zero attached hydrogens (tertiary/aromatic N) is 1. The third-order valence-corrected chi connectivity index (χ3v) is 2.67. The van der Waals surface area contributed by atoms with Gasteiger partial charge in [-0.3, -0.25) is 4.79 Å². The molecule has 0 aliphatic carbocycles. The van der Waals surface area contributed by atoms with Crippen LogP contribution in [0.1, 0.15) is 10.5 Å². The highest BCUT2D eigenvalue weighted by Crippen LogP contribution is 2.40. The van der Waals surface area contributed by atoms with Crippen LogP contribution in [0.3, 0.4) is 0 Å². The van der Waals surface area contributed by atoms with Gasteiger partial charge in [-0.15, -0.1) is 0 Å². The molecule has 1 aromatic carbocycles. The van der Waals surface area contributed by atoms with Gasteiger partial charge in [0.15, 0.2) is 17.2 Å². The highest BCUT2D eigenvalue weighted by atomic mass is 16.5. The first-order chi connectivity index (χ1) is 9.60. The summed E-state index contributed by atoms with van der Waals surface area (Å²) in [7, 11) is 4.52. The Balaban J connectivity index is 2.53. The van der Waals surface area contributed by atoms with E-state index in [4.69, 9.17) is 24.4 Å². The van der Waals surface area contributed by atoms with Crippen molar-refractivity contribution in [1.82, 2.24) is 4.98 Å². The van der Waals surface area contributed by atoms with E-state index in [9.17, 15) is 4.79 Å². The summed E-state index contributed by atoms with van der Waals surface area (Å²) in [5, 5.41) is 0. The summed E-state index contributed by atoms with van der Waals surface area (Å²) in [4.78, 5) is 15.0. The molecule has 7 nitrogen and oxygen atoms in total. The fourth-order valence-electron chi connectivity index (χ4n) is 1.72. The van der Waals surface area contributed by atoms with E-state index in [-0.39, 0.29) is 11.6 Å². The summed E-state index contributed by atoms with van der Waals surface area (Å²) in [6, 6.07) is 3.33. The number of nitrogens with two attached hydrogens (primary N) is 1. The normalized spacial score (nSPS) is 10.2. The minimum atomic E-state index is -0.660. The van der Waals surface area contributed by atoms with Gasteiger partial charge < -0.3 is 24.4 Å². The van der Waals surface area contributed by atoms with Gasteiger partial charge in [0.05, 0.1) is 21.3 Å². The Hall–Kier alpha value is -2.70. The van der Waals surface area contributed by atoms with Crippen LogP contribution < -0.4 is 19.9 Å². The zero-order valence-electron chi connectivity index (χ0n) is 11.3. The molecule has 0 radical (unpaired) electrons. The molecule has 2 aromatic rings. The van der Waals surface area contributed by atoms with Crippen molar-refractivity contribution in [2.75, 3.05) is 21.3 Å². The van der Waals surface area contributed by atoms with Crippen molar-refractivity contribution in [3.63, 3.8) is 0 Å².